The summed E-state index contributed by atoms with van der Waals surface area (Å²) in [4.78, 5) is 16.0. The molecule has 0 bridgehead atoms. The molecule has 0 aliphatic rings. The minimum absolute atomic E-state index is 0.258. The maximum absolute atomic E-state index is 11.5. The van der Waals surface area contributed by atoms with Gasteiger partial charge in [0.2, 0.25) is 0 Å². The number of hydrogen-bond donors (Lipinski definition) is 1. The molecule has 4 heteroatoms. The van der Waals surface area contributed by atoms with Crippen molar-refractivity contribution in [3.63, 3.8) is 0 Å². The molecule has 0 saturated carbocycles. The van der Waals surface area contributed by atoms with Crippen LogP contribution in [0, 0.1) is 0 Å². The van der Waals surface area contributed by atoms with Crippen molar-refractivity contribution in [2.75, 3.05) is 6.61 Å². The lowest BCUT2D eigenvalue weighted by atomic mass is 10.1. The number of carbonyl (C=O) groups is 1. The second kappa shape index (κ2) is 7.62. The van der Waals surface area contributed by atoms with Crippen molar-refractivity contribution in [1.82, 2.24) is 4.98 Å². The molecule has 0 radical (unpaired) electrons. The van der Waals surface area contributed by atoms with Gasteiger partial charge in [-0.25, -0.2) is 9.78 Å². The van der Waals surface area contributed by atoms with Crippen molar-refractivity contribution in [2.45, 2.75) is 13.3 Å². The van der Waals surface area contributed by atoms with E-state index in [4.69, 9.17) is 4.74 Å². The molecule has 3 aromatic rings. The molecule has 0 unspecified atom stereocenters. The molecule has 1 heterocycles. The Morgan fingerprint density at radius 3 is 2.60 bits per heavy atom. The van der Waals surface area contributed by atoms with Crippen LogP contribution in [0.3, 0.4) is 0 Å². The summed E-state index contributed by atoms with van der Waals surface area (Å²) < 4.78 is 5.56. The van der Waals surface area contributed by atoms with Gasteiger partial charge in [0.05, 0.1) is 23.4 Å². The van der Waals surface area contributed by atoms with E-state index in [-0.39, 0.29) is 5.56 Å². The largest absolute Gasteiger partial charge is 0.494 e. The van der Waals surface area contributed by atoms with Gasteiger partial charge in [0.1, 0.15) is 5.75 Å². The number of nitrogens with zero attached hydrogens (tertiary/aromatic N) is 1. The molecular weight excluding hydrogens is 314 g/mol. The Bertz CT molecular complexity index is 914. The zero-order valence-electron chi connectivity index (χ0n) is 14.0. The fourth-order valence-electron chi connectivity index (χ4n) is 2.53. The minimum atomic E-state index is -0.953. The van der Waals surface area contributed by atoms with Crippen LogP contribution in [0.2, 0.25) is 0 Å². The van der Waals surface area contributed by atoms with Crippen LogP contribution < -0.4 is 4.74 Å². The molecule has 0 atom stereocenters. The van der Waals surface area contributed by atoms with E-state index in [1.165, 1.54) is 0 Å². The number of pyridine rings is 1. The van der Waals surface area contributed by atoms with E-state index < -0.39 is 5.97 Å². The second-order valence-electron chi connectivity index (χ2n) is 5.67. The van der Waals surface area contributed by atoms with Gasteiger partial charge in [-0.2, -0.15) is 0 Å². The number of para-hydroxylation sites is 1. The predicted molar refractivity (Wildman–Crippen MR) is 99.9 cm³/mol. The first-order valence-electron chi connectivity index (χ1n) is 8.21. The average Bonchev–Trinajstić information content (AvgIpc) is 2.64. The fraction of sp³-hybridized carbons (Fsp3) is 0.143. The molecule has 25 heavy (non-hydrogen) atoms. The lowest BCUT2D eigenvalue weighted by Gasteiger charge is -2.05. The van der Waals surface area contributed by atoms with Gasteiger partial charge >= 0.3 is 5.97 Å². The normalized spacial score (nSPS) is 11.1. The second-order valence-corrected chi connectivity index (χ2v) is 5.67. The number of fused-ring (bicyclic) bond motifs is 1. The van der Waals surface area contributed by atoms with Gasteiger partial charge < -0.3 is 9.84 Å². The Labute approximate surface area is 146 Å². The van der Waals surface area contributed by atoms with Crippen molar-refractivity contribution >= 4 is 29.0 Å². The van der Waals surface area contributed by atoms with Crippen molar-refractivity contribution in [3.05, 3.63) is 71.4 Å². The summed E-state index contributed by atoms with van der Waals surface area (Å²) >= 11 is 0. The molecule has 0 aliphatic carbocycles. The molecule has 126 valence electrons. The quantitative estimate of drug-likeness (QED) is 0.697. The number of aromatic carboxylic acids is 1. The van der Waals surface area contributed by atoms with E-state index in [1.807, 2.05) is 54.6 Å². The standard InChI is InChI=1S/C21H19NO3/c1-2-13-25-17-11-8-15(9-12-17)7-10-16-14-19(21(23)24)18-5-3-4-6-20(18)22-16/h3-12,14H,2,13H2,1H3,(H,23,24)/b10-7+. The molecule has 2 aromatic carbocycles. The maximum Gasteiger partial charge on any atom is 0.336 e. The number of rotatable bonds is 6. The van der Waals surface area contributed by atoms with Gasteiger partial charge in [0.15, 0.2) is 0 Å². The van der Waals surface area contributed by atoms with Crippen molar-refractivity contribution in [1.29, 1.82) is 0 Å². The van der Waals surface area contributed by atoms with Crippen molar-refractivity contribution < 1.29 is 14.6 Å². The lowest BCUT2D eigenvalue weighted by Crippen LogP contribution is -2.00. The third-order valence-corrected chi connectivity index (χ3v) is 3.77. The fourth-order valence-corrected chi connectivity index (χ4v) is 2.53. The van der Waals surface area contributed by atoms with E-state index in [0.717, 1.165) is 17.7 Å². The van der Waals surface area contributed by atoms with Gasteiger partial charge in [-0.3, -0.25) is 0 Å². The highest BCUT2D eigenvalue weighted by molar-refractivity contribution is 6.03. The maximum atomic E-state index is 11.5. The zero-order chi connectivity index (χ0) is 17.6. The highest BCUT2D eigenvalue weighted by atomic mass is 16.5. The summed E-state index contributed by atoms with van der Waals surface area (Å²) in [6.07, 6.45) is 4.70. The molecule has 0 spiro atoms. The van der Waals surface area contributed by atoms with E-state index in [2.05, 4.69) is 11.9 Å². The van der Waals surface area contributed by atoms with Crippen LogP contribution in [0.1, 0.15) is 35.0 Å². The van der Waals surface area contributed by atoms with Gasteiger partial charge in [-0.1, -0.05) is 43.3 Å². The zero-order valence-corrected chi connectivity index (χ0v) is 14.0. The molecule has 1 N–H and O–H groups in total. The molecule has 0 fully saturated rings. The molecule has 0 amide bonds. The SMILES string of the molecule is CCCOc1ccc(/C=C/c2cc(C(=O)O)c3ccccc3n2)cc1. The van der Waals surface area contributed by atoms with Crippen LogP contribution in [0.5, 0.6) is 5.75 Å². The highest BCUT2D eigenvalue weighted by Crippen LogP contribution is 2.20. The van der Waals surface area contributed by atoms with E-state index in [9.17, 15) is 9.90 Å². The number of benzene rings is 2. The average molecular weight is 333 g/mol. The van der Waals surface area contributed by atoms with Crippen molar-refractivity contribution in [2.24, 2.45) is 0 Å². The van der Waals surface area contributed by atoms with E-state index >= 15 is 0 Å². The Morgan fingerprint density at radius 2 is 1.88 bits per heavy atom. The summed E-state index contributed by atoms with van der Waals surface area (Å²) in [6.45, 7) is 2.77. The molecule has 0 aliphatic heterocycles. The van der Waals surface area contributed by atoms with Crippen LogP contribution in [-0.2, 0) is 0 Å². The van der Waals surface area contributed by atoms with Gasteiger partial charge in [0, 0.05) is 5.39 Å². The number of hydrogen-bond acceptors (Lipinski definition) is 3. The van der Waals surface area contributed by atoms with Gasteiger partial charge in [-0.15, -0.1) is 0 Å². The first-order valence-corrected chi connectivity index (χ1v) is 8.21. The summed E-state index contributed by atoms with van der Waals surface area (Å²) in [5, 5.41) is 10.1. The van der Waals surface area contributed by atoms with Crippen molar-refractivity contribution in [3.8, 4) is 5.75 Å². The predicted octanol–water partition coefficient (Wildman–Crippen LogP) is 4.89. The van der Waals surface area contributed by atoms with Gasteiger partial charge in [0.25, 0.3) is 0 Å². The van der Waals surface area contributed by atoms with Crippen LogP contribution in [0.25, 0.3) is 23.1 Å². The van der Waals surface area contributed by atoms with Gasteiger partial charge in [-0.05, 0) is 42.3 Å². The first kappa shape index (κ1) is 16.7. The Balaban J connectivity index is 1.87. The third-order valence-electron chi connectivity index (χ3n) is 3.77. The Kier molecular flexibility index (Phi) is 5.09. The topological polar surface area (TPSA) is 59.4 Å². The number of carboxylic acid groups (broad SMARTS) is 1. The number of aromatic nitrogens is 1. The number of carboxylic acids is 1. The Hall–Kier alpha value is -3.14. The lowest BCUT2D eigenvalue weighted by molar-refractivity contribution is 0.0699. The third kappa shape index (κ3) is 4.04. The molecule has 3 rings (SSSR count). The summed E-state index contributed by atoms with van der Waals surface area (Å²) in [6, 6.07) is 16.6. The molecular formula is C21H19NO3. The van der Waals surface area contributed by atoms with Crippen LogP contribution >= 0.6 is 0 Å². The first-order chi connectivity index (χ1) is 12.2. The summed E-state index contributed by atoms with van der Waals surface area (Å²) in [5.74, 6) is -0.110. The number of ether oxygens (including phenoxy) is 1. The van der Waals surface area contributed by atoms with Crippen LogP contribution in [0.15, 0.2) is 54.6 Å². The minimum Gasteiger partial charge on any atom is -0.494 e. The van der Waals surface area contributed by atoms with Crippen LogP contribution in [0.4, 0.5) is 0 Å². The Morgan fingerprint density at radius 1 is 1.12 bits per heavy atom. The molecule has 4 nitrogen and oxygen atoms in total. The summed E-state index contributed by atoms with van der Waals surface area (Å²) in [5.41, 5.74) is 2.54. The monoisotopic (exact) mass is 333 g/mol. The molecule has 1 aromatic heterocycles. The summed E-state index contributed by atoms with van der Waals surface area (Å²) in [7, 11) is 0. The van der Waals surface area contributed by atoms with E-state index in [0.29, 0.717) is 23.2 Å². The van der Waals surface area contributed by atoms with E-state index in [1.54, 1.807) is 12.1 Å². The van der Waals surface area contributed by atoms with Crippen LogP contribution in [-0.4, -0.2) is 22.7 Å². The molecule has 0 saturated heterocycles. The highest BCUT2D eigenvalue weighted by Gasteiger charge is 2.10. The smallest absolute Gasteiger partial charge is 0.336 e.